The van der Waals surface area contributed by atoms with Crippen molar-refractivity contribution in [3.05, 3.63) is 17.5 Å². The fourth-order valence-electron chi connectivity index (χ4n) is 3.59. The Bertz CT molecular complexity index is 504. The van der Waals surface area contributed by atoms with Crippen molar-refractivity contribution in [2.45, 2.75) is 45.1 Å². The second kappa shape index (κ2) is 7.93. The first-order valence-corrected chi connectivity index (χ1v) is 8.87. The fraction of sp³-hybridized carbons (Fsp3) is 0.765. The maximum Gasteiger partial charge on any atom is 0.274 e. The van der Waals surface area contributed by atoms with Gasteiger partial charge in [0.15, 0.2) is 0 Å². The fourth-order valence-corrected chi connectivity index (χ4v) is 3.59. The number of likely N-dealkylation sites (tertiary alicyclic amines) is 1. The highest BCUT2D eigenvalue weighted by Gasteiger charge is 2.27. The number of hydrogen-bond donors (Lipinski definition) is 1. The Kier molecular flexibility index (Phi) is 5.67. The van der Waals surface area contributed by atoms with E-state index in [1.165, 1.54) is 25.9 Å². The van der Waals surface area contributed by atoms with Crippen molar-refractivity contribution < 1.29 is 9.53 Å². The number of ether oxygens (including phenoxy) is 1. The maximum atomic E-state index is 12.9. The number of amides is 1. The Labute approximate surface area is 138 Å². The second-order valence-electron chi connectivity index (χ2n) is 6.68. The van der Waals surface area contributed by atoms with Crippen molar-refractivity contribution in [2.24, 2.45) is 0 Å². The van der Waals surface area contributed by atoms with Crippen LogP contribution >= 0.6 is 0 Å². The summed E-state index contributed by atoms with van der Waals surface area (Å²) in [5.74, 6) is 0.0580. The van der Waals surface area contributed by atoms with Gasteiger partial charge < -0.3 is 14.5 Å². The number of carbonyl (C=O) groups is 1. The minimum absolute atomic E-state index is 0.0580. The van der Waals surface area contributed by atoms with Crippen molar-refractivity contribution in [1.82, 2.24) is 20.0 Å². The van der Waals surface area contributed by atoms with E-state index in [-0.39, 0.29) is 11.9 Å². The van der Waals surface area contributed by atoms with Crippen LogP contribution in [0, 0.1) is 6.92 Å². The van der Waals surface area contributed by atoms with Gasteiger partial charge in [0.2, 0.25) is 0 Å². The molecule has 2 saturated heterocycles. The molecule has 2 aliphatic heterocycles. The van der Waals surface area contributed by atoms with Crippen LogP contribution in [-0.4, -0.2) is 71.3 Å². The molecule has 0 aromatic carbocycles. The molecule has 3 rings (SSSR count). The molecule has 0 spiro atoms. The van der Waals surface area contributed by atoms with E-state index in [2.05, 4.69) is 15.1 Å². The molecular weight excluding hydrogens is 292 g/mol. The molecule has 6 nitrogen and oxygen atoms in total. The molecular formula is C17H28N4O2. The first-order valence-electron chi connectivity index (χ1n) is 8.87. The molecule has 0 aliphatic carbocycles. The van der Waals surface area contributed by atoms with Crippen molar-refractivity contribution in [2.75, 3.05) is 39.4 Å². The molecule has 0 atom stereocenters. The van der Waals surface area contributed by atoms with Crippen molar-refractivity contribution in [3.8, 4) is 0 Å². The maximum absolute atomic E-state index is 12.9. The zero-order valence-corrected chi connectivity index (χ0v) is 14.1. The first kappa shape index (κ1) is 16.5. The van der Waals surface area contributed by atoms with Gasteiger partial charge in [-0.15, -0.1) is 0 Å². The predicted octanol–water partition coefficient (Wildman–Crippen LogP) is 1.83. The summed E-state index contributed by atoms with van der Waals surface area (Å²) >= 11 is 0. The largest absolute Gasteiger partial charge is 0.381 e. The Balaban J connectivity index is 1.61. The van der Waals surface area contributed by atoms with Crippen LogP contribution in [0.2, 0.25) is 0 Å². The van der Waals surface area contributed by atoms with E-state index >= 15 is 0 Å². The van der Waals surface area contributed by atoms with Crippen LogP contribution in [-0.2, 0) is 4.74 Å². The summed E-state index contributed by atoms with van der Waals surface area (Å²) in [6, 6.07) is 2.13. The van der Waals surface area contributed by atoms with Gasteiger partial charge in [-0.1, -0.05) is 0 Å². The molecule has 128 valence electrons. The summed E-state index contributed by atoms with van der Waals surface area (Å²) in [5.41, 5.74) is 1.47. The summed E-state index contributed by atoms with van der Waals surface area (Å²) < 4.78 is 5.46. The minimum Gasteiger partial charge on any atom is -0.381 e. The third-order valence-electron chi connectivity index (χ3n) is 4.89. The lowest BCUT2D eigenvalue weighted by Gasteiger charge is -2.34. The third-order valence-corrected chi connectivity index (χ3v) is 4.89. The molecule has 0 saturated carbocycles. The molecule has 23 heavy (non-hydrogen) atoms. The topological polar surface area (TPSA) is 61.5 Å². The molecule has 0 bridgehead atoms. The highest BCUT2D eigenvalue weighted by Crippen LogP contribution is 2.18. The molecule has 0 radical (unpaired) electrons. The standard InChI is InChI=1S/C17H28N4O2/c1-14-13-16(19-18-14)17(22)21(15-5-11-23-12-6-15)10-4-9-20-7-2-3-8-20/h13,15H,2-12H2,1H3,(H,18,19). The number of nitrogens with zero attached hydrogens (tertiary/aromatic N) is 3. The van der Waals surface area contributed by atoms with Gasteiger partial charge in [0, 0.05) is 31.5 Å². The number of aromatic nitrogens is 2. The molecule has 0 unspecified atom stereocenters. The third kappa shape index (κ3) is 4.32. The smallest absolute Gasteiger partial charge is 0.274 e. The number of aryl methyl sites for hydroxylation is 1. The number of rotatable bonds is 6. The van der Waals surface area contributed by atoms with Crippen LogP contribution in [0.4, 0.5) is 0 Å². The molecule has 2 fully saturated rings. The van der Waals surface area contributed by atoms with E-state index in [0.717, 1.165) is 51.3 Å². The van der Waals surface area contributed by atoms with Gasteiger partial charge in [-0.25, -0.2) is 0 Å². The lowest BCUT2D eigenvalue weighted by molar-refractivity contribution is 0.0278. The number of H-pyrrole nitrogens is 1. The highest BCUT2D eigenvalue weighted by molar-refractivity contribution is 5.92. The van der Waals surface area contributed by atoms with E-state index in [9.17, 15) is 4.79 Å². The number of carbonyl (C=O) groups excluding carboxylic acids is 1. The first-order chi connectivity index (χ1) is 11.2. The summed E-state index contributed by atoms with van der Waals surface area (Å²) in [6.45, 7) is 7.75. The van der Waals surface area contributed by atoms with E-state index in [1.54, 1.807) is 0 Å². The number of hydrogen-bond acceptors (Lipinski definition) is 4. The summed E-state index contributed by atoms with van der Waals surface area (Å²) in [4.78, 5) is 17.4. The SMILES string of the molecule is Cc1cc(C(=O)N(CCCN2CCCC2)C2CCOCC2)n[nH]1. The van der Waals surface area contributed by atoms with Gasteiger partial charge in [0.05, 0.1) is 0 Å². The summed E-state index contributed by atoms with van der Waals surface area (Å²) in [6.07, 6.45) is 5.52. The highest BCUT2D eigenvalue weighted by atomic mass is 16.5. The molecule has 2 aliphatic rings. The van der Waals surface area contributed by atoms with Crippen LogP contribution in [0.15, 0.2) is 6.07 Å². The lowest BCUT2D eigenvalue weighted by Crippen LogP contribution is -2.44. The lowest BCUT2D eigenvalue weighted by atomic mass is 10.1. The van der Waals surface area contributed by atoms with Crippen LogP contribution < -0.4 is 0 Å². The van der Waals surface area contributed by atoms with Crippen LogP contribution in [0.5, 0.6) is 0 Å². The summed E-state index contributed by atoms with van der Waals surface area (Å²) in [5, 5.41) is 7.04. The molecule has 1 N–H and O–H groups in total. The van der Waals surface area contributed by atoms with Gasteiger partial charge in [0.1, 0.15) is 5.69 Å². The van der Waals surface area contributed by atoms with E-state index in [4.69, 9.17) is 4.74 Å². The van der Waals surface area contributed by atoms with Crippen LogP contribution in [0.3, 0.4) is 0 Å². The van der Waals surface area contributed by atoms with Crippen LogP contribution in [0.25, 0.3) is 0 Å². The normalized spacial score (nSPS) is 20.0. The Morgan fingerprint density at radius 3 is 2.78 bits per heavy atom. The average Bonchev–Trinajstić information content (AvgIpc) is 3.23. The Morgan fingerprint density at radius 1 is 1.39 bits per heavy atom. The van der Waals surface area contributed by atoms with Crippen molar-refractivity contribution in [3.63, 3.8) is 0 Å². The summed E-state index contributed by atoms with van der Waals surface area (Å²) in [7, 11) is 0. The monoisotopic (exact) mass is 320 g/mol. The second-order valence-corrected chi connectivity index (χ2v) is 6.68. The number of aromatic amines is 1. The van der Waals surface area contributed by atoms with Crippen LogP contribution in [0.1, 0.15) is 48.3 Å². The van der Waals surface area contributed by atoms with E-state index < -0.39 is 0 Å². The predicted molar refractivity (Wildman–Crippen MR) is 88.5 cm³/mol. The zero-order valence-electron chi connectivity index (χ0n) is 14.1. The molecule has 1 amide bonds. The Morgan fingerprint density at radius 2 is 2.13 bits per heavy atom. The quantitative estimate of drug-likeness (QED) is 0.868. The van der Waals surface area contributed by atoms with Gasteiger partial charge in [0.25, 0.3) is 5.91 Å². The van der Waals surface area contributed by atoms with E-state index in [1.807, 2.05) is 17.9 Å². The van der Waals surface area contributed by atoms with Crippen molar-refractivity contribution in [1.29, 1.82) is 0 Å². The van der Waals surface area contributed by atoms with Crippen molar-refractivity contribution >= 4 is 5.91 Å². The van der Waals surface area contributed by atoms with Gasteiger partial charge in [-0.05, 0) is 64.7 Å². The van der Waals surface area contributed by atoms with Gasteiger partial charge >= 0.3 is 0 Å². The van der Waals surface area contributed by atoms with Gasteiger partial charge in [-0.3, -0.25) is 9.89 Å². The molecule has 3 heterocycles. The molecule has 1 aromatic rings. The molecule has 1 aromatic heterocycles. The minimum atomic E-state index is 0.0580. The average molecular weight is 320 g/mol. The number of nitrogens with one attached hydrogen (secondary N) is 1. The molecule has 6 heteroatoms. The van der Waals surface area contributed by atoms with E-state index in [0.29, 0.717) is 5.69 Å². The zero-order chi connectivity index (χ0) is 16.1. The Hall–Kier alpha value is -1.40. The van der Waals surface area contributed by atoms with Gasteiger partial charge in [-0.2, -0.15) is 5.10 Å².